The monoisotopic (exact) mass is 466 g/mol. The molecule has 0 aromatic heterocycles. The molecule has 1 aliphatic rings. The minimum atomic E-state index is -0.327. The first kappa shape index (κ1) is 23.8. The van der Waals surface area contributed by atoms with Crippen LogP contribution >= 0.6 is 23.2 Å². The molecule has 2 unspecified atom stereocenters. The molecule has 2 aromatic carbocycles. The normalized spacial score (nSPS) is 17.5. The average molecular weight is 467 g/mol. The molecule has 0 bridgehead atoms. The molecule has 0 saturated carbocycles. The van der Waals surface area contributed by atoms with Crippen molar-refractivity contribution in [1.82, 2.24) is 9.80 Å². The number of carbonyl (C=O) groups is 1. The van der Waals surface area contributed by atoms with E-state index in [4.69, 9.17) is 33.0 Å². The Morgan fingerprint density at radius 2 is 1.97 bits per heavy atom. The number of likely N-dealkylation sites (N-methyl/N-ethyl adjacent to an activating group) is 1. The van der Waals surface area contributed by atoms with Crippen molar-refractivity contribution in [2.75, 3.05) is 39.9 Å². The largest absolute Gasteiger partial charge is 0.491 e. The Labute approximate surface area is 192 Å². The van der Waals surface area contributed by atoms with E-state index >= 15 is 0 Å². The van der Waals surface area contributed by atoms with Gasteiger partial charge in [0.2, 0.25) is 5.91 Å². The molecule has 1 saturated heterocycles. The van der Waals surface area contributed by atoms with Crippen LogP contribution in [0.1, 0.15) is 23.6 Å². The zero-order chi connectivity index (χ0) is 22.4. The molecule has 0 aliphatic carbocycles. The predicted molar refractivity (Wildman–Crippen MR) is 122 cm³/mol. The average Bonchev–Trinajstić information content (AvgIpc) is 3.18. The van der Waals surface area contributed by atoms with Crippen LogP contribution in [-0.2, 0) is 11.2 Å². The standard InChI is InChI=1S/C23H28Cl2N2O4/c1-26(23(30)13-16-2-7-20(24)21(25)12-16)22(15-27-9-8-18(29)14-27)17-3-5-19(6-4-17)31-11-10-28/h2-7,12,18,22,28-29H,8-11,13-15H2,1H3. The number of aliphatic hydroxyl groups excluding tert-OH is 2. The van der Waals surface area contributed by atoms with E-state index in [-0.39, 0.29) is 37.7 Å². The summed E-state index contributed by atoms with van der Waals surface area (Å²) < 4.78 is 5.45. The Morgan fingerprint density at radius 3 is 2.58 bits per heavy atom. The van der Waals surface area contributed by atoms with E-state index in [0.29, 0.717) is 28.9 Å². The van der Waals surface area contributed by atoms with Crippen molar-refractivity contribution in [3.05, 3.63) is 63.6 Å². The molecule has 1 amide bonds. The van der Waals surface area contributed by atoms with Gasteiger partial charge in [0.05, 0.1) is 35.2 Å². The van der Waals surface area contributed by atoms with E-state index in [0.717, 1.165) is 24.1 Å². The number of likely N-dealkylation sites (tertiary alicyclic amines) is 1. The summed E-state index contributed by atoms with van der Waals surface area (Å²) in [7, 11) is 1.80. The first-order valence-corrected chi connectivity index (χ1v) is 11.1. The van der Waals surface area contributed by atoms with Gasteiger partial charge < -0.3 is 19.8 Å². The van der Waals surface area contributed by atoms with Gasteiger partial charge in [-0.2, -0.15) is 0 Å². The molecule has 8 heteroatoms. The number of hydrogen-bond acceptors (Lipinski definition) is 5. The van der Waals surface area contributed by atoms with Crippen LogP contribution in [0.3, 0.4) is 0 Å². The van der Waals surface area contributed by atoms with Crippen LogP contribution in [0.2, 0.25) is 10.0 Å². The van der Waals surface area contributed by atoms with Crippen molar-refractivity contribution in [2.24, 2.45) is 0 Å². The molecule has 2 N–H and O–H groups in total. The Morgan fingerprint density at radius 1 is 1.23 bits per heavy atom. The zero-order valence-electron chi connectivity index (χ0n) is 17.5. The molecule has 0 radical (unpaired) electrons. The number of β-amino-alcohol motifs (C(OH)–C–C–N with tert-alkyl or cyclic N) is 1. The lowest BCUT2D eigenvalue weighted by molar-refractivity contribution is -0.131. The maximum atomic E-state index is 13.1. The number of benzene rings is 2. The number of nitrogens with zero attached hydrogens (tertiary/aromatic N) is 2. The lowest BCUT2D eigenvalue weighted by Crippen LogP contribution is -2.39. The molecule has 3 rings (SSSR count). The number of aliphatic hydroxyl groups is 2. The molecule has 31 heavy (non-hydrogen) atoms. The second kappa shape index (κ2) is 11.2. The van der Waals surface area contributed by atoms with Gasteiger partial charge in [-0.3, -0.25) is 9.69 Å². The quantitative estimate of drug-likeness (QED) is 0.593. The van der Waals surface area contributed by atoms with Crippen LogP contribution in [-0.4, -0.2) is 71.9 Å². The molecular formula is C23H28Cl2N2O4. The number of carbonyl (C=O) groups excluding carboxylic acids is 1. The molecular weight excluding hydrogens is 439 g/mol. The number of rotatable bonds is 9. The fourth-order valence-electron chi connectivity index (χ4n) is 3.75. The highest BCUT2D eigenvalue weighted by molar-refractivity contribution is 6.42. The van der Waals surface area contributed by atoms with Crippen LogP contribution in [0.25, 0.3) is 0 Å². The van der Waals surface area contributed by atoms with E-state index in [1.165, 1.54) is 0 Å². The maximum Gasteiger partial charge on any atom is 0.227 e. The minimum absolute atomic E-state index is 0.0382. The van der Waals surface area contributed by atoms with Gasteiger partial charge in [0.1, 0.15) is 12.4 Å². The molecule has 168 valence electrons. The smallest absolute Gasteiger partial charge is 0.227 e. The van der Waals surface area contributed by atoms with Crippen LogP contribution in [0.15, 0.2) is 42.5 Å². The van der Waals surface area contributed by atoms with Crippen molar-refractivity contribution in [3.63, 3.8) is 0 Å². The summed E-state index contributed by atoms with van der Waals surface area (Å²) in [5.74, 6) is 0.627. The second-order valence-electron chi connectivity index (χ2n) is 7.79. The highest BCUT2D eigenvalue weighted by atomic mass is 35.5. The van der Waals surface area contributed by atoms with E-state index in [2.05, 4.69) is 4.90 Å². The fraction of sp³-hybridized carbons (Fsp3) is 0.435. The fourth-order valence-corrected chi connectivity index (χ4v) is 4.07. The molecule has 1 fully saturated rings. The SMILES string of the molecule is CN(C(=O)Cc1ccc(Cl)c(Cl)c1)C(CN1CCC(O)C1)c1ccc(OCCO)cc1. The molecule has 1 heterocycles. The molecule has 6 nitrogen and oxygen atoms in total. The molecule has 2 atom stereocenters. The van der Waals surface area contributed by atoms with Gasteiger partial charge in [0, 0.05) is 26.7 Å². The first-order chi connectivity index (χ1) is 14.9. The summed E-state index contributed by atoms with van der Waals surface area (Å²) in [5.41, 5.74) is 1.78. The minimum Gasteiger partial charge on any atom is -0.491 e. The summed E-state index contributed by atoms with van der Waals surface area (Å²) >= 11 is 12.1. The number of hydrogen-bond donors (Lipinski definition) is 2. The number of amides is 1. The number of ether oxygens (including phenoxy) is 1. The third-order valence-electron chi connectivity index (χ3n) is 5.50. The van der Waals surface area contributed by atoms with Gasteiger partial charge in [0.15, 0.2) is 0 Å². The van der Waals surface area contributed by atoms with Gasteiger partial charge in [-0.15, -0.1) is 0 Å². The van der Waals surface area contributed by atoms with Gasteiger partial charge >= 0.3 is 0 Å². The van der Waals surface area contributed by atoms with Gasteiger partial charge in [-0.25, -0.2) is 0 Å². The Kier molecular flexibility index (Phi) is 8.58. The van der Waals surface area contributed by atoms with E-state index < -0.39 is 0 Å². The van der Waals surface area contributed by atoms with Crippen LogP contribution < -0.4 is 4.74 Å². The van der Waals surface area contributed by atoms with Crippen molar-refractivity contribution in [1.29, 1.82) is 0 Å². The summed E-state index contributed by atoms with van der Waals surface area (Å²) in [6, 6.07) is 12.6. The van der Waals surface area contributed by atoms with E-state index in [1.54, 1.807) is 30.1 Å². The summed E-state index contributed by atoms with van der Waals surface area (Å²) in [6.07, 6.45) is 0.623. The van der Waals surface area contributed by atoms with E-state index in [9.17, 15) is 9.90 Å². The lowest BCUT2D eigenvalue weighted by atomic mass is 10.0. The summed E-state index contributed by atoms with van der Waals surface area (Å²) in [6.45, 7) is 2.20. The van der Waals surface area contributed by atoms with Crippen LogP contribution in [0, 0.1) is 0 Å². The molecule has 2 aromatic rings. The summed E-state index contributed by atoms with van der Waals surface area (Å²) in [5, 5.41) is 19.7. The maximum absolute atomic E-state index is 13.1. The Bertz CT molecular complexity index is 878. The highest BCUT2D eigenvalue weighted by Crippen LogP contribution is 2.27. The highest BCUT2D eigenvalue weighted by Gasteiger charge is 2.28. The lowest BCUT2D eigenvalue weighted by Gasteiger charge is -2.32. The second-order valence-corrected chi connectivity index (χ2v) is 8.60. The Balaban J connectivity index is 1.77. The predicted octanol–water partition coefficient (Wildman–Crippen LogP) is 3.17. The van der Waals surface area contributed by atoms with Crippen molar-refractivity contribution >= 4 is 29.1 Å². The molecule has 1 aliphatic heterocycles. The van der Waals surface area contributed by atoms with Crippen molar-refractivity contribution in [2.45, 2.75) is 25.0 Å². The first-order valence-electron chi connectivity index (χ1n) is 10.3. The zero-order valence-corrected chi connectivity index (χ0v) is 19.0. The van der Waals surface area contributed by atoms with Crippen molar-refractivity contribution < 1.29 is 19.7 Å². The molecule has 0 spiro atoms. The van der Waals surface area contributed by atoms with E-state index in [1.807, 2.05) is 24.3 Å². The van der Waals surface area contributed by atoms with Crippen LogP contribution in [0.5, 0.6) is 5.75 Å². The summed E-state index contributed by atoms with van der Waals surface area (Å²) in [4.78, 5) is 17.0. The van der Waals surface area contributed by atoms with Gasteiger partial charge in [0.25, 0.3) is 0 Å². The van der Waals surface area contributed by atoms with Crippen LogP contribution in [0.4, 0.5) is 0 Å². The van der Waals surface area contributed by atoms with Gasteiger partial charge in [-0.05, 0) is 41.8 Å². The Hall–Kier alpha value is -1.83. The third kappa shape index (κ3) is 6.57. The third-order valence-corrected chi connectivity index (χ3v) is 6.24. The topological polar surface area (TPSA) is 73.2 Å². The van der Waals surface area contributed by atoms with Gasteiger partial charge in [-0.1, -0.05) is 41.4 Å². The van der Waals surface area contributed by atoms with Crippen molar-refractivity contribution in [3.8, 4) is 5.75 Å². The number of halogens is 2.